The van der Waals surface area contributed by atoms with Gasteiger partial charge in [0.2, 0.25) is 0 Å². The summed E-state index contributed by atoms with van der Waals surface area (Å²) < 4.78 is 17.8. The summed E-state index contributed by atoms with van der Waals surface area (Å²) in [7, 11) is 0. The summed E-state index contributed by atoms with van der Waals surface area (Å²) in [6.45, 7) is 10.2. The highest BCUT2D eigenvalue weighted by molar-refractivity contribution is 5.66. The average molecular weight is 403 g/mol. The van der Waals surface area contributed by atoms with Gasteiger partial charge >= 0.3 is 5.97 Å². The van der Waals surface area contributed by atoms with Crippen molar-refractivity contribution >= 4 is 5.97 Å². The van der Waals surface area contributed by atoms with E-state index >= 15 is 0 Å². The van der Waals surface area contributed by atoms with Crippen LogP contribution in [0.25, 0.3) is 0 Å². The van der Waals surface area contributed by atoms with Crippen LogP contribution in [-0.4, -0.2) is 31.1 Å². The predicted molar refractivity (Wildman–Crippen MR) is 111 cm³/mol. The van der Waals surface area contributed by atoms with E-state index in [2.05, 4.69) is 26.8 Å². The van der Waals surface area contributed by atoms with Crippen molar-refractivity contribution in [1.82, 2.24) is 0 Å². The summed E-state index contributed by atoms with van der Waals surface area (Å²) in [6.07, 6.45) is 12.3. The van der Waals surface area contributed by atoms with E-state index in [0.717, 1.165) is 30.6 Å². The van der Waals surface area contributed by atoms with Gasteiger partial charge in [0.05, 0.1) is 13.2 Å². The summed E-state index contributed by atoms with van der Waals surface area (Å²) in [4.78, 5) is 11.5. The first-order valence-corrected chi connectivity index (χ1v) is 11.9. The predicted octanol–water partition coefficient (Wildman–Crippen LogP) is 5.26. The topological polar surface area (TPSA) is 44.8 Å². The third-order valence-corrected chi connectivity index (χ3v) is 9.86. The molecule has 5 rings (SSSR count). The summed E-state index contributed by atoms with van der Waals surface area (Å²) >= 11 is 0. The molecule has 0 radical (unpaired) electrons. The minimum Gasteiger partial charge on any atom is -0.463 e. The van der Waals surface area contributed by atoms with E-state index in [1.54, 1.807) is 6.92 Å². The molecule has 5 aliphatic rings. The first-order valence-electron chi connectivity index (χ1n) is 11.9. The zero-order valence-corrected chi connectivity index (χ0v) is 18.7. The summed E-state index contributed by atoms with van der Waals surface area (Å²) in [5.41, 5.74) is 2.06. The van der Waals surface area contributed by atoms with Gasteiger partial charge in [-0.05, 0) is 98.4 Å². The standard InChI is InChI=1S/C25H38O4/c1-16(26)29-18-9-11-23(2)17(15-18)5-6-19-20-7-8-22(25(4)27-13-14-28-25)24(20,3)12-10-21(19)23/h8,17-21H,5-7,9-15H2,1-4H3/t17?,18?,19-,20-,21-,23-,24-/m0/s1. The van der Waals surface area contributed by atoms with Crippen LogP contribution in [0.15, 0.2) is 11.6 Å². The second kappa shape index (κ2) is 6.82. The SMILES string of the molecule is CC(=O)OC1CC[C@@]2(C)C(CC[C@@H]3[C@@H]2CC[C@]2(C)C(C4(C)OCCO4)=CC[C@@H]32)C1. The number of ether oxygens (including phenoxy) is 3. The molecule has 3 saturated carbocycles. The third kappa shape index (κ3) is 2.96. The fourth-order valence-electron chi connectivity index (χ4n) is 8.50. The average Bonchev–Trinajstić information content (AvgIpc) is 3.25. The molecule has 4 fully saturated rings. The second-order valence-corrected chi connectivity index (χ2v) is 11.1. The number of hydrogen-bond acceptors (Lipinski definition) is 4. The highest BCUT2D eigenvalue weighted by Crippen LogP contribution is 2.67. The molecule has 0 aromatic heterocycles. The molecule has 162 valence electrons. The lowest BCUT2D eigenvalue weighted by molar-refractivity contribution is -0.162. The Labute approximate surface area is 175 Å². The molecule has 7 atom stereocenters. The Kier molecular flexibility index (Phi) is 4.71. The molecular weight excluding hydrogens is 364 g/mol. The Morgan fingerprint density at radius 3 is 2.52 bits per heavy atom. The van der Waals surface area contributed by atoms with Crippen molar-refractivity contribution < 1.29 is 19.0 Å². The van der Waals surface area contributed by atoms with Crippen LogP contribution in [0.1, 0.15) is 79.1 Å². The largest absolute Gasteiger partial charge is 0.463 e. The molecule has 0 amide bonds. The van der Waals surface area contributed by atoms with Crippen LogP contribution in [0.2, 0.25) is 0 Å². The van der Waals surface area contributed by atoms with E-state index in [0.29, 0.717) is 24.5 Å². The summed E-state index contributed by atoms with van der Waals surface area (Å²) in [5.74, 6) is 2.43. The Morgan fingerprint density at radius 1 is 1.03 bits per heavy atom. The number of allylic oxidation sites excluding steroid dienone is 1. The first-order chi connectivity index (χ1) is 13.8. The molecule has 1 aliphatic heterocycles. The Bertz CT molecular complexity index is 708. The summed E-state index contributed by atoms with van der Waals surface area (Å²) in [6, 6.07) is 0. The number of esters is 1. The fraction of sp³-hybridized carbons (Fsp3) is 0.880. The van der Waals surface area contributed by atoms with Gasteiger partial charge in [-0.3, -0.25) is 4.79 Å². The molecule has 29 heavy (non-hydrogen) atoms. The lowest BCUT2D eigenvalue weighted by atomic mass is 9.44. The van der Waals surface area contributed by atoms with Gasteiger partial charge in [0.25, 0.3) is 0 Å². The lowest BCUT2D eigenvalue weighted by Gasteiger charge is -2.61. The van der Waals surface area contributed by atoms with Crippen LogP contribution in [0.4, 0.5) is 0 Å². The first kappa shape index (κ1) is 20.1. The van der Waals surface area contributed by atoms with E-state index < -0.39 is 5.79 Å². The van der Waals surface area contributed by atoms with Crippen molar-refractivity contribution in [2.24, 2.45) is 34.5 Å². The number of carbonyl (C=O) groups is 1. The van der Waals surface area contributed by atoms with Crippen LogP contribution in [0.5, 0.6) is 0 Å². The minimum absolute atomic E-state index is 0.116. The maximum Gasteiger partial charge on any atom is 0.302 e. The van der Waals surface area contributed by atoms with Crippen molar-refractivity contribution in [2.45, 2.75) is 91.0 Å². The molecule has 0 aromatic carbocycles. The Morgan fingerprint density at radius 2 is 1.79 bits per heavy atom. The molecule has 1 saturated heterocycles. The molecule has 4 aliphatic carbocycles. The molecular formula is C25H38O4. The minimum atomic E-state index is -0.500. The van der Waals surface area contributed by atoms with Gasteiger partial charge < -0.3 is 14.2 Å². The molecule has 0 spiro atoms. The highest BCUT2D eigenvalue weighted by atomic mass is 16.7. The molecule has 0 aromatic rings. The number of hydrogen-bond donors (Lipinski definition) is 0. The van der Waals surface area contributed by atoms with Crippen molar-refractivity contribution in [3.8, 4) is 0 Å². The van der Waals surface area contributed by atoms with Crippen LogP contribution >= 0.6 is 0 Å². The fourth-order valence-corrected chi connectivity index (χ4v) is 8.50. The zero-order chi connectivity index (χ0) is 20.4. The molecule has 0 bridgehead atoms. The van der Waals surface area contributed by atoms with Gasteiger partial charge in [0, 0.05) is 6.92 Å². The Balaban J connectivity index is 1.36. The molecule has 0 N–H and O–H groups in total. The van der Waals surface area contributed by atoms with Gasteiger partial charge in [-0.15, -0.1) is 0 Å². The van der Waals surface area contributed by atoms with E-state index in [1.807, 2.05) is 0 Å². The van der Waals surface area contributed by atoms with Gasteiger partial charge in [-0.25, -0.2) is 0 Å². The number of carbonyl (C=O) groups excluding carboxylic acids is 1. The maximum atomic E-state index is 11.5. The number of rotatable bonds is 2. The molecule has 4 nitrogen and oxygen atoms in total. The van der Waals surface area contributed by atoms with Gasteiger partial charge in [0.15, 0.2) is 5.79 Å². The molecule has 2 unspecified atom stereocenters. The van der Waals surface area contributed by atoms with Crippen LogP contribution in [0, 0.1) is 34.5 Å². The molecule has 1 heterocycles. The monoisotopic (exact) mass is 402 g/mol. The van der Waals surface area contributed by atoms with Gasteiger partial charge in [-0.1, -0.05) is 19.9 Å². The van der Waals surface area contributed by atoms with E-state index in [4.69, 9.17) is 14.2 Å². The second-order valence-electron chi connectivity index (χ2n) is 11.1. The van der Waals surface area contributed by atoms with Gasteiger partial charge in [0.1, 0.15) is 6.10 Å². The zero-order valence-electron chi connectivity index (χ0n) is 18.7. The lowest BCUT2D eigenvalue weighted by Crippen LogP contribution is -2.54. The van der Waals surface area contributed by atoms with Crippen molar-refractivity contribution in [3.63, 3.8) is 0 Å². The van der Waals surface area contributed by atoms with Crippen LogP contribution in [-0.2, 0) is 19.0 Å². The quantitative estimate of drug-likeness (QED) is 0.467. The summed E-state index contributed by atoms with van der Waals surface area (Å²) in [5, 5.41) is 0. The van der Waals surface area contributed by atoms with Crippen molar-refractivity contribution in [3.05, 3.63) is 11.6 Å². The van der Waals surface area contributed by atoms with E-state index in [-0.39, 0.29) is 17.5 Å². The third-order valence-electron chi connectivity index (χ3n) is 9.86. The Hall–Kier alpha value is -0.870. The molecule has 4 heteroatoms. The van der Waals surface area contributed by atoms with Crippen molar-refractivity contribution in [2.75, 3.05) is 13.2 Å². The maximum absolute atomic E-state index is 11.5. The smallest absolute Gasteiger partial charge is 0.302 e. The highest BCUT2D eigenvalue weighted by Gasteiger charge is 2.61. The van der Waals surface area contributed by atoms with Gasteiger partial charge in [-0.2, -0.15) is 0 Å². The van der Waals surface area contributed by atoms with E-state index in [9.17, 15) is 4.79 Å². The van der Waals surface area contributed by atoms with E-state index in [1.165, 1.54) is 44.1 Å². The number of fused-ring (bicyclic) bond motifs is 5. The van der Waals surface area contributed by atoms with Crippen LogP contribution < -0.4 is 0 Å². The normalized spacial score (nSPS) is 48.3. The van der Waals surface area contributed by atoms with Crippen molar-refractivity contribution in [1.29, 1.82) is 0 Å². The van der Waals surface area contributed by atoms with Crippen LogP contribution in [0.3, 0.4) is 0 Å².